The van der Waals surface area contributed by atoms with E-state index >= 15 is 0 Å². The monoisotopic (exact) mass is 294 g/mol. The van der Waals surface area contributed by atoms with Crippen LogP contribution in [0.1, 0.15) is 26.2 Å². The van der Waals surface area contributed by atoms with Gasteiger partial charge in [0, 0.05) is 12.6 Å². The SMILES string of the molecule is CCN1CCCC[C@@H](Nc2nc3nc(Cl)ccc3o2)C1. The van der Waals surface area contributed by atoms with Crippen molar-refractivity contribution in [3.05, 3.63) is 17.3 Å². The van der Waals surface area contributed by atoms with Crippen LogP contribution in [-0.2, 0) is 0 Å². The number of hydrogen-bond acceptors (Lipinski definition) is 5. The van der Waals surface area contributed by atoms with Gasteiger partial charge in [0.05, 0.1) is 0 Å². The van der Waals surface area contributed by atoms with E-state index in [1.54, 1.807) is 12.1 Å². The second-order valence-electron chi connectivity index (χ2n) is 5.21. The molecule has 2 aromatic rings. The first-order chi connectivity index (χ1) is 9.74. The van der Waals surface area contributed by atoms with E-state index in [0.29, 0.717) is 28.4 Å². The van der Waals surface area contributed by atoms with Crippen molar-refractivity contribution in [2.75, 3.05) is 25.0 Å². The van der Waals surface area contributed by atoms with Crippen molar-refractivity contribution < 1.29 is 4.42 Å². The van der Waals surface area contributed by atoms with Crippen molar-refractivity contribution in [3.8, 4) is 0 Å². The second-order valence-corrected chi connectivity index (χ2v) is 5.59. The largest absolute Gasteiger partial charge is 0.422 e. The van der Waals surface area contributed by atoms with Crippen molar-refractivity contribution in [2.24, 2.45) is 0 Å². The number of rotatable bonds is 3. The van der Waals surface area contributed by atoms with Gasteiger partial charge in [0.15, 0.2) is 5.58 Å². The van der Waals surface area contributed by atoms with Crippen LogP contribution in [0.2, 0.25) is 5.15 Å². The van der Waals surface area contributed by atoms with Gasteiger partial charge in [-0.25, -0.2) is 4.98 Å². The molecule has 3 rings (SSSR count). The number of anilines is 1. The lowest BCUT2D eigenvalue weighted by Gasteiger charge is -2.22. The van der Waals surface area contributed by atoms with Crippen molar-refractivity contribution in [3.63, 3.8) is 0 Å². The number of nitrogens with one attached hydrogen (secondary N) is 1. The zero-order valence-corrected chi connectivity index (χ0v) is 12.4. The lowest BCUT2D eigenvalue weighted by atomic mass is 10.1. The fourth-order valence-corrected chi connectivity index (χ4v) is 2.80. The number of pyridine rings is 1. The Hall–Kier alpha value is -1.33. The van der Waals surface area contributed by atoms with E-state index in [4.69, 9.17) is 16.0 Å². The average Bonchev–Trinajstić information content (AvgIpc) is 2.67. The quantitative estimate of drug-likeness (QED) is 0.881. The Morgan fingerprint density at radius 3 is 3.15 bits per heavy atom. The fraction of sp³-hybridized carbons (Fsp3) is 0.571. The highest BCUT2D eigenvalue weighted by atomic mass is 35.5. The molecule has 0 aliphatic carbocycles. The smallest absolute Gasteiger partial charge is 0.297 e. The van der Waals surface area contributed by atoms with Crippen molar-refractivity contribution in [2.45, 2.75) is 32.2 Å². The van der Waals surface area contributed by atoms with E-state index in [1.165, 1.54) is 19.4 Å². The minimum atomic E-state index is 0.376. The summed E-state index contributed by atoms with van der Waals surface area (Å²) in [5.74, 6) is 0. The first-order valence-electron chi connectivity index (χ1n) is 7.16. The van der Waals surface area contributed by atoms with Crippen LogP contribution in [0.4, 0.5) is 6.01 Å². The summed E-state index contributed by atoms with van der Waals surface area (Å²) in [6, 6.07) is 4.43. The molecule has 0 bridgehead atoms. The molecule has 1 aliphatic heterocycles. The molecule has 0 saturated carbocycles. The standard InChI is InChI=1S/C14H19ClN4O/c1-2-19-8-4-3-5-10(9-19)16-14-18-13-11(20-14)6-7-12(15)17-13/h6-7,10H,2-5,8-9H2,1H3,(H,16,17,18)/t10-/m1/s1. The van der Waals surface area contributed by atoms with Crippen LogP contribution in [0.15, 0.2) is 16.5 Å². The van der Waals surface area contributed by atoms with Gasteiger partial charge in [0.25, 0.3) is 6.01 Å². The zero-order valence-electron chi connectivity index (χ0n) is 11.6. The molecule has 0 spiro atoms. The van der Waals surface area contributed by atoms with Crippen LogP contribution in [0, 0.1) is 0 Å². The lowest BCUT2D eigenvalue weighted by molar-refractivity contribution is 0.291. The molecule has 0 aromatic carbocycles. The molecule has 1 saturated heterocycles. The summed E-state index contributed by atoms with van der Waals surface area (Å²) < 4.78 is 5.67. The molecular formula is C14H19ClN4O. The van der Waals surface area contributed by atoms with Gasteiger partial charge in [-0.3, -0.25) is 0 Å². The highest BCUT2D eigenvalue weighted by molar-refractivity contribution is 6.29. The molecule has 108 valence electrons. The average molecular weight is 295 g/mol. The van der Waals surface area contributed by atoms with Crippen LogP contribution >= 0.6 is 11.6 Å². The summed E-state index contributed by atoms with van der Waals surface area (Å²) in [6.45, 7) is 5.50. The molecule has 0 amide bonds. The predicted octanol–water partition coefficient (Wildman–Crippen LogP) is 3.16. The normalized spacial score (nSPS) is 21.0. The fourth-order valence-electron chi connectivity index (χ4n) is 2.66. The van der Waals surface area contributed by atoms with Crippen LogP contribution in [-0.4, -0.2) is 40.5 Å². The molecule has 3 heterocycles. The second kappa shape index (κ2) is 5.97. The molecule has 1 aliphatic rings. The number of hydrogen-bond donors (Lipinski definition) is 1. The summed E-state index contributed by atoms with van der Waals surface area (Å²) in [6.07, 6.45) is 3.64. The highest BCUT2D eigenvalue weighted by Gasteiger charge is 2.19. The Morgan fingerprint density at radius 1 is 1.40 bits per heavy atom. The minimum Gasteiger partial charge on any atom is -0.422 e. The Kier molecular flexibility index (Phi) is 4.08. The third-order valence-electron chi connectivity index (χ3n) is 3.75. The van der Waals surface area contributed by atoms with Gasteiger partial charge in [-0.15, -0.1) is 0 Å². The van der Waals surface area contributed by atoms with Crippen LogP contribution < -0.4 is 5.32 Å². The zero-order chi connectivity index (χ0) is 13.9. The molecule has 5 nitrogen and oxygen atoms in total. The van der Waals surface area contributed by atoms with Gasteiger partial charge in [-0.2, -0.15) is 4.98 Å². The van der Waals surface area contributed by atoms with E-state index in [9.17, 15) is 0 Å². The van der Waals surface area contributed by atoms with Gasteiger partial charge in [0.2, 0.25) is 5.65 Å². The van der Waals surface area contributed by atoms with Crippen LogP contribution in [0.25, 0.3) is 11.2 Å². The van der Waals surface area contributed by atoms with Crippen LogP contribution in [0.3, 0.4) is 0 Å². The topological polar surface area (TPSA) is 54.2 Å². The molecule has 0 radical (unpaired) electrons. The number of likely N-dealkylation sites (N-methyl/N-ethyl adjacent to an activating group) is 1. The molecule has 1 N–H and O–H groups in total. The maximum atomic E-state index is 5.86. The number of oxazole rings is 1. The third kappa shape index (κ3) is 3.04. The van der Waals surface area contributed by atoms with Gasteiger partial charge in [-0.05, 0) is 38.1 Å². The minimum absolute atomic E-state index is 0.376. The summed E-state index contributed by atoms with van der Waals surface area (Å²) in [7, 11) is 0. The van der Waals surface area contributed by atoms with E-state index in [1.807, 2.05) is 0 Å². The lowest BCUT2D eigenvalue weighted by Crippen LogP contribution is -2.35. The summed E-state index contributed by atoms with van der Waals surface area (Å²) >= 11 is 5.86. The molecule has 6 heteroatoms. The van der Waals surface area contributed by atoms with E-state index in [0.717, 1.165) is 19.5 Å². The summed E-state index contributed by atoms with van der Waals surface area (Å²) in [5.41, 5.74) is 1.22. The van der Waals surface area contributed by atoms with Crippen molar-refractivity contribution in [1.29, 1.82) is 0 Å². The maximum Gasteiger partial charge on any atom is 0.297 e. The van der Waals surface area contributed by atoms with E-state index in [-0.39, 0.29) is 0 Å². The molecular weight excluding hydrogens is 276 g/mol. The predicted molar refractivity (Wildman–Crippen MR) is 80.2 cm³/mol. The van der Waals surface area contributed by atoms with Gasteiger partial charge in [-0.1, -0.05) is 24.9 Å². The van der Waals surface area contributed by atoms with Crippen LogP contribution in [0.5, 0.6) is 0 Å². The Labute approximate surface area is 123 Å². The summed E-state index contributed by atoms with van der Waals surface area (Å²) in [5, 5.41) is 3.83. The van der Waals surface area contributed by atoms with Crippen molar-refractivity contribution in [1.82, 2.24) is 14.9 Å². The molecule has 1 atom stereocenters. The highest BCUT2D eigenvalue weighted by Crippen LogP contribution is 2.21. The Morgan fingerprint density at radius 2 is 2.30 bits per heavy atom. The molecule has 2 aromatic heterocycles. The maximum absolute atomic E-state index is 5.86. The number of fused-ring (bicyclic) bond motifs is 1. The Balaban J connectivity index is 1.74. The first-order valence-corrected chi connectivity index (χ1v) is 7.54. The van der Waals surface area contributed by atoms with Crippen molar-refractivity contribution >= 4 is 28.8 Å². The van der Waals surface area contributed by atoms with Gasteiger partial charge < -0.3 is 14.6 Å². The van der Waals surface area contributed by atoms with Gasteiger partial charge in [0.1, 0.15) is 5.15 Å². The van der Waals surface area contributed by atoms with E-state index in [2.05, 4.69) is 27.1 Å². The number of likely N-dealkylation sites (tertiary alicyclic amines) is 1. The van der Waals surface area contributed by atoms with Gasteiger partial charge >= 0.3 is 0 Å². The molecule has 1 fully saturated rings. The van der Waals surface area contributed by atoms with E-state index < -0.39 is 0 Å². The third-order valence-corrected chi connectivity index (χ3v) is 3.96. The molecule has 20 heavy (non-hydrogen) atoms. The Bertz CT molecular complexity index is 586. The number of nitrogens with zero attached hydrogens (tertiary/aromatic N) is 3. The summed E-state index contributed by atoms with van der Waals surface area (Å²) in [4.78, 5) is 11.0. The first kappa shape index (κ1) is 13.6. The number of halogens is 1. The molecule has 0 unspecified atom stereocenters. The number of aromatic nitrogens is 2.